The van der Waals surface area contributed by atoms with Crippen molar-refractivity contribution in [3.05, 3.63) is 18.0 Å². The number of carbonyl (C=O) groups excluding carboxylic acids is 1. The lowest BCUT2D eigenvalue weighted by Crippen LogP contribution is -2.30. The van der Waals surface area contributed by atoms with Crippen LogP contribution in [0.4, 0.5) is 0 Å². The van der Waals surface area contributed by atoms with E-state index in [1.54, 1.807) is 0 Å². The van der Waals surface area contributed by atoms with Crippen molar-refractivity contribution in [1.29, 1.82) is 5.26 Å². The molecule has 0 bridgehead atoms. The van der Waals surface area contributed by atoms with Crippen molar-refractivity contribution in [2.75, 3.05) is 0 Å². The Balaban J connectivity index is 1.84. The van der Waals surface area contributed by atoms with Gasteiger partial charge in [-0.3, -0.25) is 4.68 Å². The van der Waals surface area contributed by atoms with Crippen molar-refractivity contribution in [1.82, 2.24) is 9.78 Å². The molecule has 0 aromatic carbocycles. The highest BCUT2D eigenvalue weighted by Crippen LogP contribution is 2.21. The summed E-state index contributed by atoms with van der Waals surface area (Å²) >= 11 is 0. The monoisotopic (exact) mass is 249 g/mol. The molecule has 0 aliphatic heterocycles. The maximum absolute atomic E-state index is 11.6. The first-order valence-corrected chi connectivity index (χ1v) is 6.00. The Morgan fingerprint density at radius 2 is 2.39 bits per heavy atom. The van der Waals surface area contributed by atoms with Crippen molar-refractivity contribution in [2.24, 2.45) is 0 Å². The van der Waals surface area contributed by atoms with E-state index in [-0.39, 0.29) is 12.6 Å². The Morgan fingerprint density at radius 1 is 1.67 bits per heavy atom. The normalized spacial score (nSPS) is 17.3. The van der Waals surface area contributed by atoms with E-state index in [1.807, 2.05) is 6.07 Å². The average Bonchev–Trinajstić information content (AvgIpc) is 3.00. The number of aliphatic hydroxyl groups excluding tert-OH is 1. The number of nitriles is 1. The Labute approximate surface area is 105 Å². The molecule has 2 rings (SSSR count). The molecule has 0 amide bonds. The van der Waals surface area contributed by atoms with Crippen LogP contribution in [-0.2, 0) is 16.1 Å². The predicted molar refractivity (Wildman–Crippen MR) is 61.3 cm³/mol. The molecule has 1 N–H and O–H groups in total. The zero-order valence-electron chi connectivity index (χ0n) is 9.95. The first kappa shape index (κ1) is 12.6. The van der Waals surface area contributed by atoms with Gasteiger partial charge in [-0.25, -0.2) is 4.79 Å². The number of hydrogen-bond acceptors (Lipinski definition) is 5. The second kappa shape index (κ2) is 5.65. The minimum absolute atomic E-state index is 0.00718. The molecular weight excluding hydrogens is 234 g/mol. The van der Waals surface area contributed by atoms with Gasteiger partial charge >= 0.3 is 5.97 Å². The fraction of sp³-hybridized carbons (Fsp3) is 0.583. The first-order chi connectivity index (χ1) is 8.69. The minimum Gasteiger partial charge on any atom is -0.460 e. The zero-order valence-corrected chi connectivity index (χ0v) is 9.95. The lowest BCUT2D eigenvalue weighted by molar-refractivity contribution is -0.159. The number of rotatable bonds is 4. The summed E-state index contributed by atoms with van der Waals surface area (Å²) in [5, 5.41) is 22.2. The molecule has 1 saturated carbocycles. The first-order valence-electron chi connectivity index (χ1n) is 6.00. The quantitative estimate of drug-likeness (QED) is 0.789. The van der Waals surface area contributed by atoms with Gasteiger partial charge in [0.25, 0.3) is 0 Å². The van der Waals surface area contributed by atoms with Gasteiger partial charge in [0.2, 0.25) is 0 Å². The molecule has 1 aliphatic rings. The van der Waals surface area contributed by atoms with E-state index in [2.05, 4.69) is 5.10 Å². The van der Waals surface area contributed by atoms with E-state index in [0.717, 1.165) is 25.7 Å². The second-order valence-electron chi connectivity index (χ2n) is 4.42. The number of aliphatic hydroxyl groups is 1. The highest BCUT2D eigenvalue weighted by atomic mass is 16.6. The predicted octanol–water partition coefficient (Wildman–Crippen LogP) is 0.601. The Morgan fingerprint density at radius 3 is 3.00 bits per heavy atom. The molecule has 96 valence electrons. The number of aromatic nitrogens is 2. The number of nitrogens with zero attached hydrogens (tertiary/aromatic N) is 3. The van der Waals surface area contributed by atoms with Crippen LogP contribution in [-0.4, -0.2) is 33.1 Å². The van der Waals surface area contributed by atoms with Crippen LogP contribution in [0.15, 0.2) is 12.4 Å². The third kappa shape index (κ3) is 3.08. The standard InChI is InChI=1S/C12H15N3O3/c13-5-9-6-14-15(7-9)8-11(16)12(17)18-10-3-1-2-4-10/h6-7,10-11,16H,1-4,8H2. The summed E-state index contributed by atoms with van der Waals surface area (Å²) in [6, 6.07) is 1.93. The average molecular weight is 249 g/mol. The van der Waals surface area contributed by atoms with Crippen molar-refractivity contribution >= 4 is 5.97 Å². The van der Waals surface area contributed by atoms with Gasteiger partial charge in [0.15, 0.2) is 6.10 Å². The summed E-state index contributed by atoms with van der Waals surface area (Å²) in [5.41, 5.74) is 0.395. The highest BCUT2D eigenvalue weighted by Gasteiger charge is 2.24. The highest BCUT2D eigenvalue weighted by molar-refractivity contribution is 5.74. The summed E-state index contributed by atoms with van der Waals surface area (Å²) in [4.78, 5) is 11.6. The largest absolute Gasteiger partial charge is 0.460 e. The lowest BCUT2D eigenvalue weighted by Gasteiger charge is -2.15. The van der Waals surface area contributed by atoms with E-state index in [0.29, 0.717) is 5.56 Å². The topological polar surface area (TPSA) is 88.1 Å². The van der Waals surface area contributed by atoms with Crippen molar-refractivity contribution in [2.45, 2.75) is 44.4 Å². The summed E-state index contributed by atoms with van der Waals surface area (Å²) in [5.74, 6) is -0.615. The Hall–Kier alpha value is -1.87. The molecule has 1 aliphatic carbocycles. The van der Waals surface area contributed by atoms with Crippen LogP contribution in [0.25, 0.3) is 0 Å². The fourth-order valence-corrected chi connectivity index (χ4v) is 2.02. The third-order valence-corrected chi connectivity index (χ3v) is 2.98. The summed E-state index contributed by atoms with van der Waals surface area (Å²) in [6.45, 7) is 0.00718. The number of hydrogen-bond donors (Lipinski definition) is 1. The molecule has 1 unspecified atom stereocenters. The van der Waals surface area contributed by atoms with Crippen molar-refractivity contribution in [3.63, 3.8) is 0 Å². The second-order valence-corrected chi connectivity index (χ2v) is 4.42. The van der Waals surface area contributed by atoms with Gasteiger partial charge < -0.3 is 9.84 Å². The van der Waals surface area contributed by atoms with Gasteiger partial charge in [0.05, 0.1) is 18.3 Å². The Kier molecular flexibility index (Phi) is 3.95. The Bertz CT molecular complexity index is 457. The fourth-order valence-electron chi connectivity index (χ4n) is 2.02. The van der Waals surface area contributed by atoms with Crippen LogP contribution in [0.1, 0.15) is 31.2 Å². The van der Waals surface area contributed by atoms with Gasteiger partial charge in [-0.15, -0.1) is 0 Å². The lowest BCUT2D eigenvalue weighted by atomic mass is 10.3. The summed E-state index contributed by atoms with van der Waals surface area (Å²) in [7, 11) is 0. The van der Waals surface area contributed by atoms with Gasteiger partial charge in [0.1, 0.15) is 12.2 Å². The van der Waals surface area contributed by atoms with Crippen LogP contribution in [0.3, 0.4) is 0 Å². The summed E-state index contributed by atoms with van der Waals surface area (Å²) < 4.78 is 6.54. The maximum Gasteiger partial charge on any atom is 0.337 e. The molecule has 6 nitrogen and oxygen atoms in total. The smallest absolute Gasteiger partial charge is 0.337 e. The van der Waals surface area contributed by atoms with Crippen LogP contribution >= 0.6 is 0 Å². The van der Waals surface area contributed by atoms with E-state index < -0.39 is 12.1 Å². The zero-order chi connectivity index (χ0) is 13.0. The van der Waals surface area contributed by atoms with E-state index >= 15 is 0 Å². The molecule has 1 aromatic heterocycles. The molecule has 1 aromatic rings. The molecule has 1 fully saturated rings. The van der Waals surface area contributed by atoms with E-state index in [4.69, 9.17) is 10.00 Å². The molecule has 1 atom stereocenters. The van der Waals surface area contributed by atoms with E-state index in [1.165, 1.54) is 17.1 Å². The van der Waals surface area contributed by atoms with Crippen molar-refractivity contribution < 1.29 is 14.6 Å². The van der Waals surface area contributed by atoms with Crippen LogP contribution < -0.4 is 0 Å². The molecular formula is C12H15N3O3. The number of carbonyl (C=O) groups is 1. The third-order valence-electron chi connectivity index (χ3n) is 2.98. The number of esters is 1. The minimum atomic E-state index is -1.24. The molecule has 0 radical (unpaired) electrons. The SMILES string of the molecule is N#Cc1cnn(CC(O)C(=O)OC2CCCC2)c1. The van der Waals surface area contributed by atoms with Crippen LogP contribution in [0.2, 0.25) is 0 Å². The van der Waals surface area contributed by atoms with Gasteiger partial charge in [-0.1, -0.05) is 0 Å². The molecule has 6 heteroatoms. The molecule has 0 saturated heterocycles. The van der Waals surface area contributed by atoms with Gasteiger partial charge in [0, 0.05) is 6.20 Å². The van der Waals surface area contributed by atoms with Gasteiger partial charge in [-0.05, 0) is 25.7 Å². The van der Waals surface area contributed by atoms with Crippen LogP contribution in [0, 0.1) is 11.3 Å². The molecule has 0 spiro atoms. The maximum atomic E-state index is 11.6. The molecule has 1 heterocycles. The van der Waals surface area contributed by atoms with Gasteiger partial charge in [-0.2, -0.15) is 10.4 Å². The summed E-state index contributed by atoms with van der Waals surface area (Å²) in [6.07, 6.45) is 5.45. The molecule has 18 heavy (non-hydrogen) atoms. The van der Waals surface area contributed by atoms with Crippen LogP contribution in [0.5, 0.6) is 0 Å². The van der Waals surface area contributed by atoms with E-state index in [9.17, 15) is 9.90 Å². The number of ether oxygens (including phenoxy) is 1. The van der Waals surface area contributed by atoms with Crippen molar-refractivity contribution in [3.8, 4) is 6.07 Å².